The molecule has 0 saturated carbocycles. The van der Waals surface area contributed by atoms with E-state index < -0.39 is 0 Å². The molecule has 0 spiro atoms. The monoisotopic (exact) mass is 137 g/mol. The quantitative estimate of drug-likeness (QED) is 0.429. The summed E-state index contributed by atoms with van der Waals surface area (Å²) in [6.45, 7) is 1.63. The molecule has 10 heavy (non-hydrogen) atoms. The molecule has 2 heterocycles. The summed E-state index contributed by atoms with van der Waals surface area (Å²) < 4.78 is 1.81. The van der Waals surface area contributed by atoms with E-state index in [2.05, 4.69) is 25.7 Å². The fourth-order valence-corrected chi connectivity index (χ4v) is 0.786. The van der Waals surface area contributed by atoms with Crippen molar-refractivity contribution in [1.82, 2.24) is 0 Å². The molecule has 2 rings (SSSR count). The number of rotatable bonds is 0. The molecule has 2 aliphatic rings. The number of guanidine groups is 1. The van der Waals surface area contributed by atoms with Crippen molar-refractivity contribution < 1.29 is 4.58 Å². The maximum Gasteiger partial charge on any atom is 0.431 e. The van der Waals surface area contributed by atoms with Crippen molar-refractivity contribution in [3.05, 3.63) is 0 Å². The lowest BCUT2D eigenvalue weighted by molar-refractivity contribution is -0.387. The van der Waals surface area contributed by atoms with Crippen LogP contribution in [0.4, 0.5) is 0 Å². The second-order valence-electron chi connectivity index (χ2n) is 1.89. The molecule has 6 nitrogen and oxygen atoms in total. The summed E-state index contributed by atoms with van der Waals surface area (Å²) in [5, 5.41) is 14.0. The van der Waals surface area contributed by atoms with Gasteiger partial charge >= 0.3 is 5.96 Å². The van der Waals surface area contributed by atoms with Gasteiger partial charge in [-0.25, -0.2) is 4.58 Å². The zero-order valence-electron chi connectivity index (χ0n) is 5.17. The number of aliphatic imine (C=N–C) groups is 1. The van der Waals surface area contributed by atoms with Crippen LogP contribution in [0.5, 0.6) is 0 Å². The Kier molecular flexibility index (Phi) is 1.09. The largest absolute Gasteiger partial charge is 0.431 e. The Morgan fingerprint density at radius 1 is 1.30 bits per heavy atom. The first-order chi connectivity index (χ1) is 4.97. The SMILES string of the molecule is C1=NCC[N+]1=C1N=NN=N1. The second kappa shape index (κ2) is 2.05. The highest BCUT2D eigenvalue weighted by molar-refractivity contribution is 5.79. The maximum atomic E-state index is 3.99. The summed E-state index contributed by atoms with van der Waals surface area (Å²) in [4.78, 5) is 3.99. The van der Waals surface area contributed by atoms with Gasteiger partial charge in [-0.3, -0.25) is 0 Å². The van der Waals surface area contributed by atoms with Crippen molar-refractivity contribution in [1.29, 1.82) is 0 Å². The molecular weight excluding hydrogens is 132 g/mol. The van der Waals surface area contributed by atoms with Crippen LogP contribution >= 0.6 is 0 Å². The molecule has 0 fully saturated rings. The van der Waals surface area contributed by atoms with Crippen molar-refractivity contribution in [3.8, 4) is 0 Å². The van der Waals surface area contributed by atoms with Gasteiger partial charge in [-0.2, -0.15) is 4.99 Å². The summed E-state index contributed by atoms with van der Waals surface area (Å²) >= 11 is 0. The number of nitrogens with zero attached hydrogens (tertiary/aromatic N) is 6. The van der Waals surface area contributed by atoms with Crippen LogP contribution in [-0.2, 0) is 0 Å². The zero-order valence-corrected chi connectivity index (χ0v) is 5.17. The summed E-state index contributed by atoms with van der Waals surface area (Å²) in [6.07, 6.45) is 1.69. The molecule has 0 unspecified atom stereocenters. The Labute approximate surface area is 56.7 Å². The summed E-state index contributed by atoms with van der Waals surface area (Å²) in [6, 6.07) is 0. The van der Waals surface area contributed by atoms with E-state index in [1.165, 1.54) is 0 Å². The van der Waals surface area contributed by atoms with Gasteiger partial charge in [-0.05, 0) is 0 Å². The molecule has 0 aliphatic carbocycles. The first kappa shape index (κ1) is 5.33. The van der Waals surface area contributed by atoms with Crippen LogP contribution in [0.2, 0.25) is 0 Å². The van der Waals surface area contributed by atoms with E-state index in [0.29, 0.717) is 5.96 Å². The lowest BCUT2D eigenvalue weighted by atomic mass is 10.7. The van der Waals surface area contributed by atoms with Crippen molar-refractivity contribution in [2.75, 3.05) is 13.1 Å². The van der Waals surface area contributed by atoms with Crippen LogP contribution < -0.4 is 0 Å². The first-order valence-electron chi connectivity index (χ1n) is 2.92. The van der Waals surface area contributed by atoms with Gasteiger partial charge < -0.3 is 0 Å². The van der Waals surface area contributed by atoms with Gasteiger partial charge in [0.15, 0.2) is 6.34 Å². The van der Waals surface area contributed by atoms with Crippen LogP contribution in [0.15, 0.2) is 25.7 Å². The van der Waals surface area contributed by atoms with Gasteiger partial charge in [0.2, 0.25) is 0 Å². The van der Waals surface area contributed by atoms with Gasteiger partial charge in [-0.1, -0.05) is 0 Å². The smallest absolute Gasteiger partial charge is 0.220 e. The van der Waals surface area contributed by atoms with Gasteiger partial charge in [-0.15, -0.1) is 0 Å². The molecule has 0 aromatic rings. The highest BCUT2D eigenvalue weighted by Crippen LogP contribution is 1.98. The molecule has 0 aromatic heterocycles. The summed E-state index contributed by atoms with van der Waals surface area (Å²) in [7, 11) is 0. The second-order valence-corrected chi connectivity index (χ2v) is 1.89. The highest BCUT2D eigenvalue weighted by atomic mass is 15.6. The number of hydrogen-bond donors (Lipinski definition) is 0. The van der Waals surface area contributed by atoms with Crippen molar-refractivity contribution in [2.24, 2.45) is 25.7 Å². The van der Waals surface area contributed by atoms with E-state index in [1.807, 2.05) is 0 Å². The average molecular weight is 137 g/mol. The molecular formula is C4H5N6+. The van der Waals surface area contributed by atoms with Gasteiger partial charge in [0, 0.05) is 10.2 Å². The lowest BCUT2D eigenvalue weighted by Crippen LogP contribution is -2.13. The van der Waals surface area contributed by atoms with E-state index >= 15 is 0 Å². The van der Waals surface area contributed by atoms with Gasteiger partial charge in [0.25, 0.3) is 0 Å². The van der Waals surface area contributed by atoms with E-state index in [4.69, 9.17) is 0 Å². The fourth-order valence-electron chi connectivity index (χ4n) is 0.786. The van der Waals surface area contributed by atoms with Crippen LogP contribution in [0.1, 0.15) is 0 Å². The number of hydrogen-bond acceptors (Lipinski definition) is 3. The Balaban J connectivity index is 2.36. The Morgan fingerprint density at radius 2 is 2.10 bits per heavy atom. The molecule has 0 aromatic carbocycles. The lowest BCUT2D eigenvalue weighted by Gasteiger charge is -1.85. The molecule has 6 heteroatoms. The predicted molar refractivity (Wildman–Crippen MR) is 33.2 cm³/mol. The van der Waals surface area contributed by atoms with Crippen molar-refractivity contribution in [3.63, 3.8) is 0 Å². The molecule has 2 aliphatic heterocycles. The zero-order chi connectivity index (χ0) is 6.81. The van der Waals surface area contributed by atoms with Crippen LogP contribution in [0.3, 0.4) is 0 Å². The summed E-state index contributed by atoms with van der Waals surface area (Å²) in [5.74, 6) is 0.529. The average Bonchev–Trinajstić information content (AvgIpc) is 2.59. The Hall–Kier alpha value is -1.46. The molecule has 0 amide bonds. The molecule has 0 radical (unpaired) electrons. The minimum Gasteiger partial charge on any atom is -0.220 e. The van der Waals surface area contributed by atoms with Crippen LogP contribution in [0.25, 0.3) is 0 Å². The third-order valence-corrected chi connectivity index (χ3v) is 1.26. The van der Waals surface area contributed by atoms with Crippen molar-refractivity contribution in [2.45, 2.75) is 0 Å². The van der Waals surface area contributed by atoms with Crippen LogP contribution in [-0.4, -0.2) is 30.0 Å². The minimum atomic E-state index is 0.529. The Morgan fingerprint density at radius 3 is 2.70 bits per heavy atom. The van der Waals surface area contributed by atoms with E-state index in [1.54, 1.807) is 10.9 Å². The third kappa shape index (κ3) is 0.734. The van der Waals surface area contributed by atoms with E-state index in [-0.39, 0.29) is 0 Å². The van der Waals surface area contributed by atoms with Crippen molar-refractivity contribution >= 4 is 12.3 Å². The predicted octanol–water partition coefficient (Wildman–Crippen LogP) is 0.230. The fraction of sp³-hybridized carbons (Fsp3) is 0.500. The first-order valence-corrected chi connectivity index (χ1v) is 2.92. The van der Waals surface area contributed by atoms with Gasteiger partial charge in [0.05, 0.1) is 17.0 Å². The molecule has 0 atom stereocenters. The summed E-state index contributed by atoms with van der Waals surface area (Å²) in [5.41, 5.74) is 0. The molecule has 0 N–H and O–H groups in total. The third-order valence-electron chi connectivity index (χ3n) is 1.26. The van der Waals surface area contributed by atoms with Gasteiger partial charge in [0.1, 0.15) is 6.54 Å². The normalized spacial score (nSPS) is 21.6. The highest BCUT2D eigenvalue weighted by Gasteiger charge is 2.17. The van der Waals surface area contributed by atoms with E-state index in [9.17, 15) is 0 Å². The molecule has 0 saturated heterocycles. The molecule has 0 bridgehead atoms. The maximum absolute atomic E-state index is 3.99. The standard InChI is InChI=1S/C4H5N6/c1-2-10(3-5-1)4-6-8-9-7-4/h3H,1-2H2/q+1. The topological polar surface area (TPSA) is 64.8 Å². The molecule has 50 valence electrons. The van der Waals surface area contributed by atoms with E-state index in [0.717, 1.165) is 13.1 Å². The Bertz CT molecular complexity index is 245. The minimum absolute atomic E-state index is 0.529. The van der Waals surface area contributed by atoms with Crippen LogP contribution in [0, 0.1) is 0 Å².